The Morgan fingerprint density at radius 3 is 2.61 bits per heavy atom. The van der Waals surface area contributed by atoms with E-state index in [9.17, 15) is 9.59 Å². The van der Waals surface area contributed by atoms with Crippen LogP contribution in [-0.4, -0.2) is 36.0 Å². The zero-order valence-electron chi connectivity index (χ0n) is 12.9. The largest absolute Gasteiger partial charge is 0.448 e. The molecule has 1 amide bonds. The van der Waals surface area contributed by atoms with Crippen LogP contribution in [0.5, 0.6) is 0 Å². The maximum atomic E-state index is 12.4. The molecule has 0 unspecified atom stereocenters. The molecule has 1 aliphatic rings. The molecule has 1 aromatic carbocycles. The summed E-state index contributed by atoms with van der Waals surface area (Å²) >= 11 is 7.57. The highest BCUT2D eigenvalue weighted by Gasteiger charge is 2.27. The van der Waals surface area contributed by atoms with Crippen LogP contribution in [0.2, 0.25) is 5.02 Å². The van der Waals surface area contributed by atoms with Crippen LogP contribution < -0.4 is 0 Å². The monoisotopic (exact) mass is 351 g/mol. The van der Waals surface area contributed by atoms with Gasteiger partial charge in [0.15, 0.2) is 6.10 Å². The van der Waals surface area contributed by atoms with Gasteiger partial charge in [0, 0.05) is 23.2 Å². The van der Waals surface area contributed by atoms with Crippen molar-refractivity contribution in [3.8, 4) is 0 Å². The summed E-state index contributed by atoms with van der Waals surface area (Å²) in [6.45, 7) is 3.10. The molecule has 1 atom stereocenters. The summed E-state index contributed by atoms with van der Waals surface area (Å²) in [6.07, 6.45) is 2.38. The SMILES string of the molecule is C[C@H](OC(=O)c1sc2ccccc2c1Cl)C(=O)N1CCCCC1. The molecule has 1 aliphatic heterocycles. The smallest absolute Gasteiger partial charge is 0.350 e. The summed E-state index contributed by atoms with van der Waals surface area (Å²) in [4.78, 5) is 26.8. The van der Waals surface area contributed by atoms with E-state index in [2.05, 4.69) is 0 Å². The Morgan fingerprint density at radius 2 is 1.91 bits per heavy atom. The van der Waals surface area contributed by atoms with Crippen molar-refractivity contribution >= 4 is 44.9 Å². The van der Waals surface area contributed by atoms with E-state index in [-0.39, 0.29) is 5.91 Å². The number of amides is 1. The number of carbonyl (C=O) groups excluding carboxylic acids is 2. The van der Waals surface area contributed by atoms with Crippen LogP contribution in [0.15, 0.2) is 24.3 Å². The first kappa shape index (κ1) is 16.3. The Hall–Kier alpha value is -1.59. The highest BCUT2D eigenvalue weighted by molar-refractivity contribution is 7.21. The van der Waals surface area contributed by atoms with Crippen molar-refractivity contribution in [1.29, 1.82) is 0 Å². The van der Waals surface area contributed by atoms with Gasteiger partial charge >= 0.3 is 5.97 Å². The molecule has 2 heterocycles. The molecule has 2 aromatic rings. The van der Waals surface area contributed by atoms with Gasteiger partial charge in [0.05, 0.1) is 5.02 Å². The van der Waals surface area contributed by atoms with Crippen LogP contribution in [0.25, 0.3) is 10.1 Å². The number of halogens is 1. The van der Waals surface area contributed by atoms with Crippen molar-refractivity contribution in [3.05, 3.63) is 34.2 Å². The number of ether oxygens (including phenoxy) is 1. The molecular formula is C17H18ClNO3S. The van der Waals surface area contributed by atoms with Crippen LogP contribution in [0.3, 0.4) is 0 Å². The summed E-state index contributed by atoms with van der Waals surface area (Å²) in [5.41, 5.74) is 0. The number of rotatable bonds is 3. The van der Waals surface area contributed by atoms with Gasteiger partial charge in [0.1, 0.15) is 4.88 Å². The number of nitrogens with zero attached hydrogens (tertiary/aromatic N) is 1. The fourth-order valence-corrected chi connectivity index (χ4v) is 4.17. The molecule has 6 heteroatoms. The number of thiophene rings is 1. The van der Waals surface area contributed by atoms with E-state index in [0.717, 1.165) is 42.4 Å². The van der Waals surface area contributed by atoms with Crippen molar-refractivity contribution < 1.29 is 14.3 Å². The minimum absolute atomic E-state index is 0.129. The average Bonchev–Trinajstić information content (AvgIpc) is 2.92. The molecule has 0 spiro atoms. The Morgan fingerprint density at radius 1 is 1.22 bits per heavy atom. The Bertz CT molecular complexity index is 737. The average molecular weight is 352 g/mol. The normalized spacial score (nSPS) is 16.3. The van der Waals surface area contributed by atoms with E-state index in [1.165, 1.54) is 11.3 Å². The number of hydrogen-bond acceptors (Lipinski definition) is 4. The zero-order valence-corrected chi connectivity index (χ0v) is 14.5. The fraction of sp³-hybridized carbons (Fsp3) is 0.412. The third-order valence-electron chi connectivity index (χ3n) is 4.02. The number of likely N-dealkylation sites (tertiary alicyclic amines) is 1. The van der Waals surface area contributed by atoms with Gasteiger partial charge in [0.2, 0.25) is 0 Å². The summed E-state index contributed by atoms with van der Waals surface area (Å²) in [5, 5.41) is 1.23. The van der Waals surface area contributed by atoms with Gasteiger partial charge in [-0.15, -0.1) is 11.3 Å². The van der Waals surface area contributed by atoms with Crippen LogP contribution in [0, 0.1) is 0 Å². The number of piperidine rings is 1. The van der Waals surface area contributed by atoms with E-state index in [1.54, 1.807) is 11.8 Å². The third-order valence-corrected chi connectivity index (χ3v) is 5.68. The van der Waals surface area contributed by atoms with E-state index in [1.807, 2.05) is 24.3 Å². The predicted octanol–water partition coefficient (Wildman–Crippen LogP) is 4.11. The van der Waals surface area contributed by atoms with E-state index in [4.69, 9.17) is 16.3 Å². The van der Waals surface area contributed by atoms with Crippen molar-refractivity contribution in [3.63, 3.8) is 0 Å². The van der Waals surface area contributed by atoms with Crippen molar-refractivity contribution in [2.75, 3.05) is 13.1 Å². The minimum Gasteiger partial charge on any atom is -0.448 e. The van der Waals surface area contributed by atoms with Crippen molar-refractivity contribution in [1.82, 2.24) is 4.90 Å². The van der Waals surface area contributed by atoms with Crippen LogP contribution in [0.4, 0.5) is 0 Å². The van der Waals surface area contributed by atoms with Crippen LogP contribution in [0.1, 0.15) is 35.9 Å². The molecule has 3 rings (SSSR count). The van der Waals surface area contributed by atoms with Gasteiger partial charge in [-0.3, -0.25) is 4.79 Å². The fourth-order valence-electron chi connectivity index (χ4n) is 2.78. The predicted molar refractivity (Wildman–Crippen MR) is 92.1 cm³/mol. The lowest BCUT2D eigenvalue weighted by Crippen LogP contribution is -2.42. The second kappa shape index (κ2) is 6.89. The molecule has 0 bridgehead atoms. The van der Waals surface area contributed by atoms with E-state index >= 15 is 0 Å². The number of benzene rings is 1. The second-order valence-corrected chi connectivity index (χ2v) is 7.10. The summed E-state index contributed by atoms with van der Waals surface area (Å²) in [5.74, 6) is -0.663. The second-order valence-electron chi connectivity index (χ2n) is 5.67. The summed E-state index contributed by atoms with van der Waals surface area (Å²) in [7, 11) is 0. The lowest BCUT2D eigenvalue weighted by atomic mass is 10.1. The van der Waals surface area contributed by atoms with Crippen LogP contribution in [-0.2, 0) is 9.53 Å². The Kier molecular flexibility index (Phi) is 4.87. The van der Waals surface area contributed by atoms with Gasteiger partial charge in [-0.2, -0.15) is 0 Å². The molecule has 0 saturated carbocycles. The van der Waals surface area contributed by atoms with Crippen LogP contribution >= 0.6 is 22.9 Å². The molecule has 1 saturated heterocycles. The number of fused-ring (bicyclic) bond motifs is 1. The molecule has 0 aliphatic carbocycles. The molecule has 4 nitrogen and oxygen atoms in total. The molecule has 122 valence electrons. The summed E-state index contributed by atoms with van der Waals surface area (Å²) < 4.78 is 6.29. The lowest BCUT2D eigenvalue weighted by molar-refractivity contribution is -0.140. The molecule has 0 N–H and O–H groups in total. The molecule has 1 fully saturated rings. The first-order chi connectivity index (χ1) is 11.1. The van der Waals surface area contributed by atoms with Crippen molar-refractivity contribution in [2.45, 2.75) is 32.3 Å². The highest BCUT2D eigenvalue weighted by Crippen LogP contribution is 2.35. The maximum absolute atomic E-state index is 12.4. The zero-order chi connectivity index (χ0) is 16.4. The summed E-state index contributed by atoms with van der Waals surface area (Å²) in [6, 6.07) is 7.55. The molecule has 23 heavy (non-hydrogen) atoms. The molecule has 1 aromatic heterocycles. The van der Waals surface area contributed by atoms with Gasteiger partial charge in [-0.05, 0) is 32.3 Å². The maximum Gasteiger partial charge on any atom is 0.350 e. The number of esters is 1. The standard InChI is InChI=1S/C17H18ClNO3S/c1-11(16(20)19-9-5-2-6-10-19)22-17(21)15-14(18)12-7-3-4-8-13(12)23-15/h3-4,7-8,11H,2,5-6,9-10H2,1H3/t11-/m0/s1. The third kappa shape index (κ3) is 3.35. The number of hydrogen-bond donors (Lipinski definition) is 0. The highest BCUT2D eigenvalue weighted by atomic mass is 35.5. The van der Waals surface area contributed by atoms with E-state index < -0.39 is 12.1 Å². The first-order valence-corrected chi connectivity index (χ1v) is 8.94. The Balaban J connectivity index is 1.72. The van der Waals surface area contributed by atoms with Gasteiger partial charge < -0.3 is 9.64 Å². The van der Waals surface area contributed by atoms with Gasteiger partial charge in [-0.25, -0.2) is 4.79 Å². The van der Waals surface area contributed by atoms with Crippen molar-refractivity contribution in [2.24, 2.45) is 0 Å². The van der Waals surface area contributed by atoms with Gasteiger partial charge in [0.25, 0.3) is 5.91 Å². The Labute approximate surface area is 144 Å². The minimum atomic E-state index is -0.790. The quantitative estimate of drug-likeness (QED) is 0.782. The lowest BCUT2D eigenvalue weighted by Gasteiger charge is -2.28. The topological polar surface area (TPSA) is 46.6 Å². The number of carbonyl (C=O) groups is 2. The van der Waals surface area contributed by atoms with E-state index in [0.29, 0.717) is 9.90 Å². The van der Waals surface area contributed by atoms with Gasteiger partial charge in [-0.1, -0.05) is 29.8 Å². The molecular weight excluding hydrogens is 334 g/mol. The molecule has 0 radical (unpaired) electrons. The first-order valence-electron chi connectivity index (χ1n) is 7.74.